The molecular formula is C13H22F3NO. The summed E-state index contributed by atoms with van der Waals surface area (Å²) in [5.41, 5.74) is 0. The van der Waals surface area contributed by atoms with E-state index in [2.05, 4.69) is 12.2 Å². The first-order valence-electron chi connectivity index (χ1n) is 6.87. The van der Waals surface area contributed by atoms with Crippen LogP contribution in [0.15, 0.2) is 0 Å². The molecule has 0 amide bonds. The minimum atomic E-state index is -4.03. The van der Waals surface area contributed by atoms with Crippen molar-refractivity contribution >= 4 is 0 Å². The van der Waals surface area contributed by atoms with Crippen molar-refractivity contribution in [2.24, 2.45) is 11.8 Å². The third-order valence-electron chi connectivity index (χ3n) is 4.31. The van der Waals surface area contributed by atoms with Crippen LogP contribution >= 0.6 is 0 Å². The van der Waals surface area contributed by atoms with E-state index >= 15 is 0 Å². The maximum atomic E-state index is 12.7. The van der Waals surface area contributed by atoms with E-state index in [1.165, 1.54) is 0 Å². The Kier molecular flexibility index (Phi) is 4.54. The maximum absolute atomic E-state index is 12.7. The van der Waals surface area contributed by atoms with Crippen molar-refractivity contribution in [3.8, 4) is 0 Å². The van der Waals surface area contributed by atoms with Crippen molar-refractivity contribution in [2.75, 3.05) is 13.2 Å². The van der Waals surface area contributed by atoms with Gasteiger partial charge < -0.3 is 10.1 Å². The molecule has 2 fully saturated rings. The van der Waals surface area contributed by atoms with Crippen molar-refractivity contribution in [1.29, 1.82) is 0 Å². The molecule has 1 aliphatic carbocycles. The molecule has 2 aliphatic rings. The van der Waals surface area contributed by atoms with Gasteiger partial charge in [0.15, 0.2) is 0 Å². The van der Waals surface area contributed by atoms with Crippen molar-refractivity contribution in [3.63, 3.8) is 0 Å². The van der Waals surface area contributed by atoms with Gasteiger partial charge in [0, 0.05) is 18.7 Å². The Labute approximate surface area is 106 Å². The van der Waals surface area contributed by atoms with E-state index in [0.29, 0.717) is 18.8 Å². The molecular weight excluding hydrogens is 243 g/mol. The molecule has 18 heavy (non-hydrogen) atoms. The van der Waals surface area contributed by atoms with Gasteiger partial charge in [0.1, 0.15) is 0 Å². The smallest absolute Gasteiger partial charge is 0.381 e. The molecule has 2 nitrogen and oxygen atoms in total. The molecule has 1 N–H and O–H groups in total. The second-order valence-electron chi connectivity index (χ2n) is 5.68. The van der Waals surface area contributed by atoms with E-state index in [1.54, 1.807) is 0 Å². The number of hydrogen-bond acceptors (Lipinski definition) is 2. The van der Waals surface area contributed by atoms with Crippen LogP contribution in [0.1, 0.15) is 39.0 Å². The lowest BCUT2D eigenvalue weighted by molar-refractivity contribution is -0.183. The number of hydrogen-bond donors (Lipinski definition) is 1. The van der Waals surface area contributed by atoms with Crippen molar-refractivity contribution in [2.45, 2.75) is 57.3 Å². The molecule has 5 heteroatoms. The summed E-state index contributed by atoms with van der Waals surface area (Å²) in [4.78, 5) is 0. The highest BCUT2D eigenvalue weighted by molar-refractivity contribution is 4.85. The second-order valence-corrected chi connectivity index (χ2v) is 5.68. The van der Waals surface area contributed by atoms with Gasteiger partial charge in [-0.3, -0.25) is 0 Å². The summed E-state index contributed by atoms with van der Waals surface area (Å²) in [6, 6.07) is 0.269. The highest BCUT2D eigenvalue weighted by atomic mass is 19.4. The zero-order chi connectivity index (χ0) is 13.2. The fourth-order valence-electron chi connectivity index (χ4n) is 3.09. The van der Waals surface area contributed by atoms with E-state index in [1.807, 2.05) is 0 Å². The number of ether oxygens (including phenoxy) is 1. The van der Waals surface area contributed by atoms with Crippen molar-refractivity contribution < 1.29 is 17.9 Å². The topological polar surface area (TPSA) is 21.3 Å². The van der Waals surface area contributed by atoms with Gasteiger partial charge >= 0.3 is 6.18 Å². The molecule has 1 aliphatic heterocycles. The summed E-state index contributed by atoms with van der Waals surface area (Å²) >= 11 is 0. The van der Waals surface area contributed by atoms with E-state index < -0.39 is 12.1 Å². The van der Waals surface area contributed by atoms with Gasteiger partial charge in [0.2, 0.25) is 0 Å². The molecule has 0 aromatic heterocycles. The van der Waals surface area contributed by atoms with Crippen LogP contribution < -0.4 is 5.32 Å². The van der Waals surface area contributed by atoms with Crippen LogP contribution in [-0.4, -0.2) is 31.5 Å². The summed E-state index contributed by atoms with van der Waals surface area (Å²) in [5, 5.41) is 3.38. The molecule has 0 aromatic carbocycles. The number of halogens is 3. The molecule has 106 valence electrons. The lowest BCUT2D eigenvalue weighted by Gasteiger charge is -2.34. The number of alkyl halides is 3. The number of nitrogens with one attached hydrogen (secondary N) is 1. The van der Waals surface area contributed by atoms with Crippen LogP contribution in [0.3, 0.4) is 0 Å². The quantitative estimate of drug-likeness (QED) is 0.846. The Hall–Kier alpha value is -0.290. The molecule has 1 saturated heterocycles. The van der Waals surface area contributed by atoms with E-state index in [9.17, 15) is 13.2 Å². The van der Waals surface area contributed by atoms with Gasteiger partial charge in [-0.2, -0.15) is 13.2 Å². The second kappa shape index (κ2) is 5.78. The SMILES string of the molecule is CC(NC1CCCC(C(F)(F)F)C1)C1CCOC1. The van der Waals surface area contributed by atoms with Gasteiger partial charge in [-0.15, -0.1) is 0 Å². The zero-order valence-electron chi connectivity index (χ0n) is 10.8. The fourth-order valence-corrected chi connectivity index (χ4v) is 3.09. The molecule has 4 unspecified atom stereocenters. The van der Waals surface area contributed by atoms with Crippen LogP contribution in [0, 0.1) is 11.8 Å². The highest BCUT2D eigenvalue weighted by Crippen LogP contribution is 2.37. The standard InChI is InChI=1S/C13H22F3NO/c1-9(10-5-6-18-8-10)17-12-4-2-3-11(7-12)13(14,15)16/h9-12,17H,2-8H2,1H3. The van der Waals surface area contributed by atoms with Crippen LogP contribution in [0.4, 0.5) is 13.2 Å². The summed E-state index contributed by atoms with van der Waals surface area (Å²) in [7, 11) is 0. The summed E-state index contributed by atoms with van der Waals surface area (Å²) < 4.78 is 43.4. The number of rotatable bonds is 3. The zero-order valence-corrected chi connectivity index (χ0v) is 10.8. The minimum Gasteiger partial charge on any atom is -0.381 e. The molecule has 0 spiro atoms. The largest absolute Gasteiger partial charge is 0.391 e. The molecule has 0 bridgehead atoms. The average Bonchev–Trinajstić information content (AvgIpc) is 2.81. The normalized spacial score (nSPS) is 35.7. The molecule has 4 atom stereocenters. The Morgan fingerprint density at radius 1 is 1.22 bits per heavy atom. The Morgan fingerprint density at radius 2 is 2.00 bits per heavy atom. The molecule has 0 aromatic rings. The third kappa shape index (κ3) is 3.60. The summed E-state index contributed by atoms with van der Waals surface area (Å²) in [5.74, 6) is -0.660. The van der Waals surface area contributed by atoms with Crippen LogP contribution in [0.5, 0.6) is 0 Å². The maximum Gasteiger partial charge on any atom is 0.391 e. The predicted molar refractivity (Wildman–Crippen MR) is 63.3 cm³/mol. The van der Waals surface area contributed by atoms with Crippen LogP contribution in [0.25, 0.3) is 0 Å². The first-order chi connectivity index (χ1) is 8.47. The third-order valence-corrected chi connectivity index (χ3v) is 4.31. The highest BCUT2D eigenvalue weighted by Gasteiger charge is 2.42. The van der Waals surface area contributed by atoms with Gasteiger partial charge in [0.25, 0.3) is 0 Å². The van der Waals surface area contributed by atoms with Crippen molar-refractivity contribution in [3.05, 3.63) is 0 Å². The summed E-state index contributed by atoms with van der Waals surface area (Å²) in [6.45, 7) is 3.59. The lowest BCUT2D eigenvalue weighted by Crippen LogP contribution is -2.45. The average molecular weight is 265 g/mol. The van der Waals surface area contributed by atoms with Crippen LogP contribution in [0.2, 0.25) is 0 Å². The molecule has 2 rings (SSSR count). The predicted octanol–water partition coefficient (Wildman–Crippen LogP) is 3.12. The first-order valence-corrected chi connectivity index (χ1v) is 6.87. The molecule has 1 saturated carbocycles. The van der Waals surface area contributed by atoms with Crippen molar-refractivity contribution in [1.82, 2.24) is 5.32 Å². The Bertz CT molecular complexity index is 263. The van der Waals surface area contributed by atoms with Gasteiger partial charge in [-0.05, 0) is 38.5 Å². The van der Waals surface area contributed by atoms with Gasteiger partial charge in [-0.1, -0.05) is 6.42 Å². The van der Waals surface area contributed by atoms with Crippen LogP contribution in [-0.2, 0) is 4.74 Å². The minimum absolute atomic E-state index is 0.0148. The monoisotopic (exact) mass is 265 g/mol. The van der Waals surface area contributed by atoms with E-state index in [0.717, 1.165) is 26.1 Å². The van der Waals surface area contributed by atoms with Gasteiger partial charge in [-0.25, -0.2) is 0 Å². The lowest BCUT2D eigenvalue weighted by atomic mass is 9.84. The van der Waals surface area contributed by atoms with Gasteiger partial charge in [0.05, 0.1) is 12.5 Å². The Morgan fingerprint density at radius 3 is 2.61 bits per heavy atom. The Balaban J connectivity index is 1.81. The van der Waals surface area contributed by atoms with E-state index in [4.69, 9.17) is 4.74 Å². The molecule has 0 radical (unpaired) electrons. The van der Waals surface area contributed by atoms with E-state index in [-0.39, 0.29) is 18.5 Å². The molecule has 1 heterocycles. The fraction of sp³-hybridized carbons (Fsp3) is 1.00. The first kappa shape index (κ1) is 14.1. The summed E-state index contributed by atoms with van der Waals surface area (Å²) in [6.07, 6.45) is -0.937.